The molecule has 1 aliphatic rings. The van der Waals surface area contributed by atoms with Crippen LogP contribution in [-0.2, 0) is 16.1 Å². The highest BCUT2D eigenvalue weighted by atomic mass is 35.5. The molecule has 1 amide bonds. The van der Waals surface area contributed by atoms with E-state index in [2.05, 4.69) is 4.99 Å². The van der Waals surface area contributed by atoms with Crippen LogP contribution in [0.1, 0.15) is 34.0 Å². The number of aliphatic hydroxyl groups excluding tert-OH is 1. The number of aryl methyl sites for hydroxylation is 1. The molecule has 0 saturated heterocycles. The van der Waals surface area contributed by atoms with E-state index in [0.717, 1.165) is 22.9 Å². The fraction of sp³-hybridized carbons (Fsp3) is 0.138. The molecule has 10 heteroatoms. The Balaban J connectivity index is 1.63. The maximum absolute atomic E-state index is 12.8. The van der Waals surface area contributed by atoms with Gasteiger partial charge in [-0.3, -0.25) is 4.79 Å². The van der Waals surface area contributed by atoms with Crippen molar-refractivity contribution in [1.82, 2.24) is 0 Å². The van der Waals surface area contributed by atoms with Crippen molar-refractivity contribution in [2.45, 2.75) is 20.5 Å². The normalized spacial score (nSPS) is 15.2. The molecule has 0 saturated carbocycles. The number of rotatable bonds is 7. The van der Waals surface area contributed by atoms with Gasteiger partial charge in [-0.05, 0) is 55.8 Å². The van der Waals surface area contributed by atoms with Gasteiger partial charge in [-0.2, -0.15) is 0 Å². The first kappa shape index (κ1) is 28.8. The third kappa shape index (κ3) is 6.86. The molecule has 0 spiro atoms. The lowest BCUT2D eigenvalue weighted by molar-refractivity contribution is -0.138. The fourth-order valence-electron chi connectivity index (χ4n) is 3.56. The lowest BCUT2D eigenvalue weighted by Gasteiger charge is -2.12. The highest BCUT2D eigenvalue weighted by Crippen LogP contribution is 2.41. The molecule has 0 aliphatic carbocycles. The average molecular weight is 603 g/mol. The van der Waals surface area contributed by atoms with Gasteiger partial charge in [-0.15, -0.1) is 0 Å². The number of carbonyl (C=O) groups is 2. The predicted octanol–water partition coefficient (Wildman–Crippen LogP) is 8.24. The number of thioether (sulfide) groups is 1. The molecule has 0 aromatic heterocycles. The molecular formula is C29H22Cl3NO5S. The molecule has 0 radical (unpaired) electrons. The van der Waals surface area contributed by atoms with Crippen molar-refractivity contribution in [2.24, 2.45) is 4.99 Å². The number of aliphatic hydroxyl groups is 1. The fourth-order valence-corrected chi connectivity index (χ4v) is 5.38. The topological polar surface area (TPSA) is 85.2 Å². The quantitative estimate of drug-likeness (QED) is 0.274. The second kappa shape index (κ2) is 12.7. The number of benzene rings is 3. The van der Waals surface area contributed by atoms with Crippen LogP contribution < -0.4 is 4.74 Å². The van der Waals surface area contributed by atoms with Gasteiger partial charge in [0.15, 0.2) is 5.75 Å². The largest absolute Gasteiger partial charge is 0.506 e. The van der Waals surface area contributed by atoms with Crippen LogP contribution in [0.4, 0.5) is 0 Å². The molecule has 1 heterocycles. The zero-order valence-corrected chi connectivity index (χ0v) is 23.9. The minimum absolute atomic E-state index is 0.0275. The summed E-state index contributed by atoms with van der Waals surface area (Å²) >= 11 is 20.1. The third-order valence-electron chi connectivity index (χ3n) is 5.52. The number of ether oxygens (including phenoxy) is 2. The number of carbonyl (C=O) groups excluding carboxylic acids is 2. The Morgan fingerprint density at radius 1 is 1.00 bits per heavy atom. The van der Waals surface area contributed by atoms with Crippen LogP contribution in [0.2, 0.25) is 15.1 Å². The van der Waals surface area contributed by atoms with E-state index < -0.39 is 11.9 Å². The second-order valence-corrected chi connectivity index (χ2v) is 10.6. The van der Waals surface area contributed by atoms with Crippen molar-refractivity contribution < 1.29 is 24.2 Å². The summed E-state index contributed by atoms with van der Waals surface area (Å²) in [4.78, 5) is 29.8. The van der Waals surface area contributed by atoms with Crippen molar-refractivity contribution in [1.29, 1.82) is 0 Å². The van der Waals surface area contributed by atoms with Gasteiger partial charge in [0.1, 0.15) is 23.0 Å². The van der Waals surface area contributed by atoms with Crippen LogP contribution in [0.15, 0.2) is 81.9 Å². The van der Waals surface area contributed by atoms with E-state index in [1.807, 2.05) is 25.1 Å². The van der Waals surface area contributed by atoms with Crippen molar-refractivity contribution in [2.75, 3.05) is 6.61 Å². The molecule has 6 nitrogen and oxygen atoms in total. The maximum Gasteiger partial charge on any atom is 0.344 e. The summed E-state index contributed by atoms with van der Waals surface area (Å²) in [6, 6.07) is 17.3. The molecule has 0 atom stereocenters. The second-order valence-electron chi connectivity index (χ2n) is 8.34. The molecular weight excluding hydrogens is 581 g/mol. The molecule has 1 N–H and O–H groups in total. The lowest BCUT2D eigenvalue weighted by atomic mass is 10.1. The third-order valence-corrected chi connectivity index (χ3v) is 7.47. The van der Waals surface area contributed by atoms with Gasteiger partial charge in [0.25, 0.3) is 5.91 Å². The molecule has 0 unspecified atom stereocenters. The molecule has 0 fully saturated rings. The predicted molar refractivity (Wildman–Crippen MR) is 157 cm³/mol. The summed E-state index contributed by atoms with van der Waals surface area (Å²) in [7, 11) is 0. The number of aliphatic imine (C=N–C) groups is 1. The Bertz CT molecular complexity index is 1510. The van der Waals surface area contributed by atoms with Gasteiger partial charge >= 0.3 is 5.97 Å². The van der Waals surface area contributed by atoms with Crippen LogP contribution >= 0.6 is 46.6 Å². The van der Waals surface area contributed by atoms with Gasteiger partial charge in [0.2, 0.25) is 0 Å². The number of amides is 1. The molecule has 3 aromatic rings. The zero-order chi connectivity index (χ0) is 28.1. The summed E-state index contributed by atoms with van der Waals surface area (Å²) in [6.45, 7) is 3.79. The monoisotopic (exact) mass is 601 g/mol. The lowest BCUT2D eigenvalue weighted by Crippen LogP contribution is -2.14. The van der Waals surface area contributed by atoms with Crippen molar-refractivity contribution in [3.63, 3.8) is 0 Å². The maximum atomic E-state index is 12.8. The minimum Gasteiger partial charge on any atom is -0.506 e. The van der Waals surface area contributed by atoms with E-state index >= 15 is 0 Å². The van der Waals surface area contributed by atoms with Gasteiger partial charge < -0.3 is 14.6 Å². The van der Waals surface area contributed by atoms with Crippen LogP contribution in [0.5, 0.6) is 5.75 Å². The molecule has 3 aromatic carbocycles. The smallest absolute Gasteiger partial charge is 0.344 e. The Hall–Kier alpha value is -3.23. The molecule has 0 bridgehead atoms. The summed E-state index contributed by atoms with van der Waals surface area (Å²) < 4.78 is 10.9. The van der Waals surface area contributed by atoms with Crippen molar-refractivity contribution in [3.05, 3.63) is 114 Å². The SMILES string of the molecule is CCOC(=O)C1=C(O)/C(=C/c2cc(Cl)c(OCc3ccccc3Cl)c(Cl)c2)SC1=NC(=O)c1ccc(C)cc1. The number of nitrogens with zero attached hydrogens (tertiary/aromatic N) is 1. The van der Waals surface area contributed by atoms with E-state index in [1.54, 1.807) is 55.5 Å². The summed E-state index contributed by atoms with van der Waals surface area (Å²) in [5.74, 6) is -1.43. The van der Waals surface area contributed by atoms with Gasteiger partial charge in [-0.1, -0.05) is 82.5 Å². The molecule has 4 rings (SSSR count). The van der Waals surface area contributed by atoms with E-state index in [0.29, 0.717) is 16.1 Å². The number of hydrogen-bond donors (Lipinski definition) is 1. The highest BCUT2D eigenvalue weighted by molar-refractivity contribution is 8.18. The van der Waals surface area contributed by atoms with Crippen LogP contribution in [0.3, 0.4) is 0 Å². The number of halogens is 3. The first-order chi connectivity index (χ1) is 18.7. The van der Waals surface area contributed by atoms with Gasteiger partial charge in [0.05, 0.1) is 21.6 Å². The molecule has 39 heavy (non-hydrogen) atoms. The van der Waals surface area contributed by atoms with Crippen LogP contribution in [0.25, 0.3) is 6.08 Å². The minimum atomic E-state index is -0.791. The Labute approximate surface area is 244 Å². The number of hydrogen-bond acceptors (Lipinski definition) is 6. The van der Waals surface area contributed by atoms with E-state index in [-0.39, 0.29) is 50.3 Å². The Kier molecular flexibility index (Phi) is 9.40. The summed E-state index contributed by atoms with van der Waals surface area (Å²) in [5.41, 5.74) is 2.44. The van der Waals surface area contributed by atoms with Crippen molar-refractivity contribution in [3.8, 4) is 5.75 Å². The van der Waals surface area contributed by atoms with Crippen LogP contribution in [0, 0.1) is 6.92 Å². The first-order valence-corrected chi connectivity index (χ1v) is 13.7. The average Bonchev–Trinajstić information content (AvgIpc) is 3.19. The molecule has 1 aliphatic heterocycles. The van der Waals surface area contributed by atoms with Gasteiger partial charge in [0, 0.05) is 16.1 Å². The van der Waals surface area contributed by atoms with Crippen molar-refractivity contribution >= 4 is 69.6 Å². The number of esters is 1. The highest BCUT2D eigenvalue weighted by Gasteiger charge is 2.34. The first-order valence-electron chi connectivity index (χ1n) is 11.7. The summed E-state index contributed by atoms with van der Waals surface area (Å²) in [5, 5.41) is 12.0. The Morgan fingerprint density at radius 3 is 2.31 bits per heavy atom. The summed E-state index contributed by atoms with van der Waals surface area (Å²) in [6.07, 6.45) is 1.58. The molecule has 200 valence electrons. The van der Waals surface area contributed by atoms with E-state index in [1.165, 1.54) is 0 Å². The van der Waals surface area contributed by atoms with Gasteiger partial charge in [-0.25, -0.2) is 9.79 Å². The van der Waals surface area contributed by atoms with E-state index in [9.17, 15) is 14.7 Å². The Morgan fingerprint density at radius 2 is 1.67 bits per heavy atom. The van der Waals surface area contributed by atoms with E-state index in [4.69, 9.17) is 44.3 Å². The standard InChI is InChI=1S/C29H22Cl3NO5S/c1-3-37-29(36)24-25(34)23(39-28(24)33-27(35)18-10-8-16(2)9-11-18)14-17-12-21(31)26(22(32)13-17)38-15-19-6-4-5-7-20(19)30/h4-14,34H,3,15H2,1-2H3/b23-14-,33-28?. The van der Waals surface area contributed by atoms with Crippen LogP contribution in [-0.4, -0.2) is 28.6 Å². The zero-order valence-electron chi connectivity index (χ0n) is 20.8.